The standard InChI is InChI=1S/C13H19ClN2/c1-13(2,3)11-7-8-15-12-9(14)5-4-6-10(12)16-11/h4-6,11,15-16H,7-8H2,1-3H3. The molecule has 0 amide bonds. The summed E-state index contributed by atoms with van der Waals surface area (Å²) in [5, 5.41) is 7.79. The van der Waals surface area contributed by atoms with Crippen molar-refractivity contribution in [1.29, 1.82) is 0 Å². The predicted octanol–water partition coefficient (Wildman–Crippen LogP) is 3.98. The molecule has 0 bridgehead atoms. The number of benzene rings is 1. The van der Waals surface area contributed by atoms with Gasteiger partial charge in [-0.25, -0.2) is 0 Å². The molecule has 1 aromatic carbocycles. The highest BCUT2D eigenvalue weighted by Crippen LogP contribution is 2.35. The molecule has 1 unspecified atom stereocenters. The van der Waals surface area contributed by atoms with E-state index in [4.69, 9.17) is 11.6 Å². The molecule has 1 aliphatic heterocycles. The predicted molar refractivity (Wildman–Crippen MR) is 71.4 cm³/mol. The molecule has 0 saturated heterocycles. The van der Waals surface area contributed by atoms with Crippen LogP contribution in [0.3, 0.4) is 0 Å². The lowest BCUT2D eigenvalue weighted by Gasteiger charge is -2.31. The number of hydrogen-bond donors (Lipinski definition) is 2. The molecule has 0 aromatic heterocycles. The van der Waals surface area contributed by atoms with Gasteiger partial charge in [-0.3, -0.25) is 0 Å². The summed E-state index contributed by atoms with van der Waals surface area (Å²) < 4.78 is 0. The molecule has 1 atom stereocenters. The molecule has 16 heavy (non-hydrogen) atoms. The summed E-state index contributed by atoms with van der Waals surface area (Å²) >= 11 is 6.17. The second kappa shape index (κ2) is 4.17. The second-order valence-corrected chi connectivity index (χ2v) is 5.85. The molecule has 3 heteroatoms. The zero-order valence-electron chi connectivity index (χ0n) is 10.1. The van der Waals surface area contributed by atoms with E-state index in [9.17, 15) is 0 Å². The van der Waals surface area contributed by atoms with Crippen molar-refractivity contribution in [3.63, 3.8) is 0 Å². The Morgan fingerprint density at radius 2 is 2.06 bits per heavy atom. The second-order valence-electron chi connectivity index (χ2n) is 5.44. The first-order chi connectivity index (χ1) is 7.48. The Morgan fingerprint density at radius 3 is 2.75 bits per heavy atom. The fourth-order valence-corrected chi connectivity index (χ4v) is 2.32. The average molecular weight is 239 g/mol. The topological polar surface area (TPSA) is 24.1 Å². The van der Waals surface area contributed by atoms with Crippen LogP contribution < -0.4 is 10.6 Å². The van der Waals surface area contributed by atoms with Crippen molar-refractivity contribution in [2.75, 3.05) is 17.2 Å². The maximum Gasteiger partial charge on any atom is 0.0765 e. The Labute approximate surface area is 102 Å². The van der Waals surface area contributed by atoms with E-state index in [1.54, 1.807) is 0 Å². The van der Waals surface area contributed by atoms with Gasteiger partial charge in [0.15, 0.2) is 0 Å². The number of anilines is 2. The van der Waals surface area contributed by atoms with Gasteiger partial charge in [0, 0.05) is 12.6 Å². The van der Waals surface area contributed by atoms with E-state index < -0.39 is 0 Å². The minimum absolute atomic E-state index is 0.256. The summed E-state index contributed by atoms with van der Waals surface area (Å²) in [5.74, 6) is 0. The first-order valence-electron chi connectivity index (χ1n) is 5.77. The number of hydrogen-bond acceptors (Lipinski definition) is 2. The quantitative estimate of drug-likeness (QED) is 0.715. The molecule has 0 radical (unpaired) electrons. The molecule has 0 aliphatic carbocycles. The molecule has 2 rings (SSSR count). The van der Waals surface area contributed by atoms with Gasteiger partial charge < -0.3 is 10.6 Å². The monoisotopic (exact) mass is 238 g/mol. The van der Waals surface area contributed by atoms with Crippen LogP contribution in [0.4, 0.5) is 11.4 Å². The van der Waals surface area contributed by atoms with E-state index in [1.165, 1.54) is 0 Å². The van der Waals surface area contributed by atoms with E-state index in [1.807, 2.05) is 12.1 Å². The molecular formula is C13H19ClN2. The summed E-state index contributed by atoms with van der Waals surface area (Å²) in [7, 11) is 0. The molecular weight excluding hydrogens is 220 g/mol. The molecule has 1 aliphatic rings. The third kappa shape index (κ3) is 2.27. The van der Waals surface area contributed by atoms with Crippen LogP contribution in [0.25, 0.3) is 0 Å². The Bertz CT molecular complexity index is 382. The Kier molecular flexibility index (Phi) is 3.02. The van der Waals surface area contributed by atoms with Crippen LogP contribution >= 0.6 is 11.6 Å². The summed E-state index contributed by atoms with van der Waals surface area (Å²) in [6.45, 7) is 7.76. The maximum absolute atomic E-state index is 6.17. The van der Waals surface area contributed by atoms with E-state index in [-0.39, 0.29) is 5.41 Å². The van der Waals surface area contributed by atoms with Gasteiger partial charge in [-0.05, 0) is 24.0 Å². The number of halogens is 1. The van der Waals surface area contributed by atoms with Crippen molar-refractivity contribution < 1.29 is 0 Å². The fraction of sp³-hybridized carbons (Fsp3) is 0.538. The van der Waals surface area contributed by atoms with Gasteiger partial charge in [0.05, 0.1) is 16.4 Å². The summed E-state index contributed by atoms with van der Waals surface area (Å²) in [6, 6.07) is 6.46. The van der Waals surface area contributed by atoms with Gasteiger partial charge >= 0.3 is 0 Å². The third-order valence-corrected chi connectivity index (χ3v) is 3.44. The van der Waals surface area contributed by atoms with Gasteiger partial charge in [0.1, 0.15) is 0 Å². The van der Waals surface area contributed by atoms with Crippen molar-refractivity contribution in [2.24, 2.45) is 5.41 Å². The van der Waals surface area contributed by atoms with Gasteiger partial charge in [0.25, 0.3) is 0 Å². The minimum atomic E-state index is 0.256. The van der Waals surface area contributed by atoms with E-state index in [2.05, 4.69) is 37.5 Å². The highest BCUT2D eigenvalue weighted by molar-refractivity contribution is 6.34. The lowest BCUT2D eigenvalue weighted by Crippen LogP contribution is -2.34. The molecule has 2 N–H and O–H groups in total. The van der Waals surface area contributed by atoms with E-state index in [0.717, 1.165) is 29.4 Å². The smallest absolute Gasteiger partial charge is 0.0765 e. The van der Waals surface area contributed by atoms with E-state index >= 15 is 0 Å². The van der Waals surface area contributed by atoms with Crippen molar-refractivity contribution >= 4 is 23.0 Å². The van der Waals surface area contributed by atoms with Crippen LogP contribution in [0.15, 0.2) is 18.2 Å². The van der Waals surface area contributed by atoms with Gasteiger partial charge in [0.2, 0.25) is 0 Å². The van der Waals surface area contributed by atoms with Crippen molar-refractivity contribution in [3.05, 3.63) is 23.2 Å². The summed E-state index contributed by atoms with van der Waals surface area (Å²) in [4.78, 5) is 0. The normalized spacial score (nSPS) is 20.4. The van der Waals surface area contributed by atoms with Crippen molar-refractivity contribution in [2.45, 2.75) is 33.2 Å². The van der Waals surface area contributed by atoms with Crippen molar-refractivity contribution in [3.8, 4) is 0 Å². The Balaban J connectivity index is 2.32. The molecule has 0 saturated carbocycles. The fourth-order valence-electron chi connectivity index (χ4n) is 2.07. The third-order valence-electron chi connectivity index (χ3n) is 3.12. The van der Waals surface area contributed by atoms with Gasteiger partial charge in [-0.1, -0.05) is 38.4 Å². The average Bonchev–Trinajstić information content (AvgIpc) is 2.39. The van der Waals surface area contributed by atoms with Crippen LogP contribution in [0.2, 0.25) is 5.02 Å². The highest BCUT2D eigenvalue weighted by atomic mass is 35.5. The van der Waals surface area contributed by atoms with Crippen molar-refractivity contribution in [1.82, 2.24) is 0 Å². The maximum atomic E-state index is 6.17. The first-order valence-corrected chi connectivity index (χ1v) is 6.15. The first kappa shape index (κ1) is 11.6. The van der Waals surface area contributed by atoms with Gasteiger partial charge in [-0.2, -0.15) is 0 Å². The Hall–Kier alpha value is -0.890. The zero-order valence-corrected chi connectivity index (χ0v) is 10.9. The van der Waals surface area contributed by atoms with E-state index in [0.29, 0.717) is 6.04 Å². The molecule has 1 aromatic rings. The van der Waals surface area contributed by atoms with Crippen LogP contribution in [0.1, 0.15) is 27.2 Å². The van der Waals surface area contributed by atoms with Crippen LogP contribution in [-0.4, -0.2) is 12.6 Å². The molecule has 0 spiro atoms. The molecule has 2 nitrogen and oxygen atoms in total. The number of rotatable bonds is 0. The van der Waals surface area contributed by atoms with Crippen LogP contribution in [-0.2, 0) is 0 Å². The molecule has 1 heterocycles. The summed E-state index contributed by atoms with van der Waals surface area (Å²) in [5.41, 5.74) is 2.41. The highest BCUT2D eigenvalue weighted by Gasteiger charge is 2.27. The molecule has 88 valence electrons. The molecule has 0 fully saturated rings. The largest absolute Gasteiger partial charge is 0.382 e. The summed E-state index contributed by atoms with van der Waals surface area (Å²) in [6.07, 6.45) is 1.11. The van der Waals surface area contributed by atoms with Crippen LogP contribution in [0, 0.1) is 5.41 Å². The van der Waals surface area contributed by atoms with Gasteiger partial charge in [-0.15, -0.1) is 0 Å². The Morgan fingerprint density at radius 1 is 1.31 bits per heavy atom. The minimum Gasteiger partial charge on any atom is -0.382 e. The number of nitrogens with one attached hydrogen (secondary N) is 2. The SMILES string of the molecule is CC(C)(C)C1CCNc2c(Cl)cccc2N1. The number of fused-ring (bicyclic) bond motifs is 1. The lowest BCUT2D eigenvalue weighted by molar-refractivity contribution is 0.332. The number of para-hydroxylation sites is 1. The van der Waals surface area contributed by atoms with Crippen LogP contribution in [0.5, 0.6) is 0 Å². The zero-order chi connectivity index (χ0) is 11.8. The lowest BCUT2D eigenvalue weighted by atomic mass is 9.85.